The van der Waals surface area contributed by atoms with Crippen LogP contribution in [0.15, 0.2) is 23.3 Å². The van der Waals surface area contributed by atoms with Gasteiger partial charge in [-0.05, 0) is 56.7 Å². The summed E-state index contributed by atoms with van der Waals surface area (Å²) in [5.74, 6) is 0.782. The van der Waals surface area contributed by atoms with Gasteiger partial charge in [0, 0.05) is 6.54 Å². The summed E-state index contributed by atoms with van der Waals surface area (Å²) >= 11 is 0. The molecule has 0 aromatic heterocycles. The lowest BCUT2D eigenvalue weighted by Gasteiger charge is -2.22. The van der Waals surface area contributed by atoms with Crippen LogP contribution in [0.25, 0.3) is 0 Å². The molecule has 3 aliphatic rings. The van der Waals surface area contributed by atoms with E-state index < -0.39 is 0 Å². The van der Waals surface area contributed by atoms with E-state index in [1.807, 2.05) is 0 Å². The average molecular weight is 247 g/mol. The molecule has 0 saturated carbocycles. The van der Waals surface area contributed by atoms with Crippen LogP contribution < -0.4 is 0 Å². The zero-order chi connectivity index (χ0) is 12.4. The molecule has 1 aliphatic carbocycles. The molecule has 2 atom stereocenters. The van der Waals surface area contributed by atoms with Crippen LogP contribution in [0, 0.1) is 5.92 Å². The topological polar surface area (TPSA) is 12.5 Å². The van der Waals surface area contributed by atoms with Crippen LogP contribution in [0.5, 0.6) is 0 Å². The van der Waals surface area contributed by atoms with E-state index in [1.54, 1.807) is 11.1 Å². The first-order chi connectivity index (χ1) is 8.81. The Morgan fingerprint density at radius 2 is 2.22 bits per heavy atom. The fourth-order valence-corrected chi connectivity index (χ4v) is 3.54. The molecule has 18 heavy (non-hydrogen) atoms. The van der Waals surface area contributed by atoms with Crippen LogP contribution >= 0.6 is 0 Å². The Kier molecular flexibility index (Phi) is 3.86. The quantitative estimate of drug-likeness (QED) is 0.756. The second-order valence-corrected chi connectivity index (χ2v) is 6.16. The third-order valence-corrected chi connectivity index (χ3v) is 4.44. The summed E-state index contributed by atoms with van der Waals surface area (Å²) in [5, 5.41) is 0. The van der Waals surface area contributed by atoms with Crippen molar-refractivity contribution >= 4 is 0 Å². The molecule has 2 heteroatoms. The zero-order valence-electron chi connectivity index (χ0n) is 11.5. The van der Waals surface area contributed by atoms with Gasteiger partial charge in [-0.25, -0.2) is 0 Å². The van der Waals surface area contributed by atoms with Crippen molar-refractivity contribution in [2.24, 2.45) is 5.92 Å². The highest BCUT2D eigenvalue weighted by Crippen LogP contribution is 2.31. The first kappa shape index (κ1) is 12.4. The average Bonchev–Trinajstić information content (AvgIpc) is 2.98. The first-order valence-corrected chi connectivity index (χ1v) is 7.55. The molecule has 2 heterocycles. The molecule has 0 aromatic carbocycles. The summed E-state index contributed by atoms with van der Waals surface area (Å²) in [5.41, 5.74) is 3.10. The van der Waals surface area contributed by atoms with Gasteiger partial charge in [-0.15, -0.1) is 0 Å². The summed E-state index contributed by atoms with van der Waals surface area (Å²) in [6.45, 7) is 7.25. The van der Waals surface area contributed by atoms with E-state index in [2.05, 4.69) is 24.0 Å². The van der Waals surface area contributed by atoms with Gasteiger partial charge in [0.15, 0.2) is 0 Å². The molecule has 0 radical (unpaired) electrons. The molecule has 0 bridgehead atoms. The summed E-state index contributed by atoms with van der Waals surface area (Å²) in [4.78, 5) is 2.63. The number of hydrogen-bond acceptors (Lipinski definition) is 2. The Balaban J connectivity index is 1.51. The van der Waals surface area contributed by atoms with Gasteiger partial charge in [0.05, 0.1) is 12.7 Å². The Labute approximate surface area is 111 Å². The van der Waals surface area contributed by atoms with Crippen LogP contribution in [0.2, 0.25) is 0 Å². The molecule has 0 aromatic rings. The van der Waals surface area contributed by atoms with Gasteiger partial charge >= 0.3 is 0 Å². The summed E-state index contributed by atoms with van der Waals surface area (Å²) in [7, 11) is 0. The number of ether oxygens (including phenoxy) is 1. The Hall–Kier alpha value is -0.600. The maximum Gasteiger partial charge on any atom is 0.0823 e. The fourth-order valence-electron chi connectivity index (χ4n) is 3.54. The number of likely N-dealkylation sites (tertiary alicyclic amines) is 1. The molecule has 2 saturated heterocycles. The minimum absolute atomic E-state index is 0.419. The van der Waals surface area contributed by atoms with E-state index in [0.29, 0.717) is 6.10 Å². The normalized spacial score (nSPS) is 29.9. The molecule has 2 unspecified atom stereocenters. The van der Waals surface area contributed by atoms with Crippen LogP contribution in [0.1, 0.15) is 39.0 Å². The SMILES string of the molecule is CC(CC1=CCC2OCCC2=C1)CN1CCCC1. The lowest BCUT2D eigenvalue weighted by molar-refractivity contribution is 0.125. The zero-order valence-corrected chi connectivity index (χ0v) is 11.5. The van der Waals surface area contributed by atoms with Crippen molar-refractivity contribution < 1.29 is 4.74 Å². The maximum atomic E-state index is 5.70. The standard InChI is InChI=1S/C16H25NO/c1-13(12-17-7-2-3-8-17)10-14-4-5-16-15(11-14)6-9-18-16/h4,11,13,16H,2-3,5-10,12H2,1H3. The van der Waals surface area contributed by atoms with E-state index >= 15 is 0 Å². The molecular weight excluding hydrogens is 222 g/mol. The molecule has 0 amide bonds. The van der Waals surface area contributed by atoms with E-state index in [4.69, 9.17) is 4.74 Å². The molecule has 2 fully saturated rings. The van der Waals surface area contributed by atoms with Crippen molar-refractivity contribution in [2.75, 3.05) is 26.2 Å². The number of allylic oxidation sites excluding steroid dienone is 2. The van der Waals surface area contributed by atoms with E-state index in [1.165, 1.54) is 38.9 Å². The summed E-state index contributed by atoms with van der Waals surface area (Å²) in [6, 6.07) is 0. The van der Waals surface area contributed by atoms with E-state index in [-0.39, 0.29) is 0 Å². The largest absolute Gasteiger partial charge is 0.373 e. The Morgan fingerprint density at radius 1 is 1.39 bits per heavy atom. The predicted octanol–water partition coefficient (Wildman–Crippen LogP) is 3.15. The molecule has 2 aliphatic heterocycles. The Morgan fingerprint density at radius 3 is 3.06 bits per heavy atom. The molecule has 0 N–H and O–H groups in total. The number of rotatable bonds is 4. The van der Waals surface area contributed by atoms with Gasteiger partial charge in [0.25, 0.3) is 0 Å². The van der Waals surface area contributed by atoms with Gasteiger partial charge in [0.1, 0.15) is 0 Å². The number of hydrogen-bond donors (Lipinski definition) is 0. The minimum Gasteiger partial charge on any atom is -0.373 e. The third-order valence-electron chi connectivity index (χ3n) is 4.44. The van der Waals surface area contributed by atoms with Crippen molar-refractivity contribution in [2.45, 2.75) is 45.1 Å². The highest BCUT2D eigenvalue weighted by molar-refractivity contribution is 5.32. The molecule has 3 rings (SSSR count). The second-order valence-electron chi connectivity index (χ2n) is 6.16. The first-order valence-electron chi connectivity index (χ1n) is 7.55. The van der Waals surface area contributed by atoms with Gasteiger partial charge in [-0.1, -0.05) is 24.6 Å². The third kappa shape index (κ3) is 2.86. The Bertz CT molecular complexity index is 352. The lowest BCUT2D eigenvalue weighted by Crippen LogP contribution is -2.25. The van der Waals surface area contributed by atoms with Crippen LogP contribution in [-0.2, 0) is 4.74 Å². The maximum absolute atomic E-state index is 5.70. The molecule has 2 nitrogen and oxygen atoms in total. The van der Waals surface area contributed by atoms with Crippen molar-refractivity contribution in [1.29, 1.82) is 0 Å². The fraction of sp³-hybridized carbons (Fsp3) is 0.750. The predicted molar refractivity (Wildman–Crippen MR) is 74.6 cm³/mol. The molecule has 0 spiro atoms. The van der Waals surface area contributed by atoms with Gasteiger partial charge in [-0.2, -0.15) is 0 Å². The van der Waals surface area contributed by atoms with Crippen LogP contribution in [-0.4, -0.2) is 37.2 Å². The highest BCUT2D eigenvalue weighted by atomic mass is 16.5. The van der Waals surface area contributed by atoms with Gasteiger partial charge in [-0.3, -0.25) is 0 Å². The van der Waals surface area contributed by atoms with Crippen molar-refractivity contribution in [3.8, 4) is 0 Å². The highest BCUT2D eigenvalue weighted by Gasteiger charge is 2.24. The van der Waals surface area contributed by atoms with Crippen molar-refractivity contribution in [1.82, 2.24) is 4.90 Å². The van der Waals surface area contributed by atoms with Crippen LogP contribution in [0.3, 0.4) is 0 Å². The summed E-state index contributed by atoms with van der Waals surface area (Å²) in [6.07, 6.45) is 11.5. The monoisotopic (exact) mass is 247 g/mol. The van der Waals surface area contributed by atoms with Gasteiger partial charge in [0.2, 0.25) is 0 Å². The second kappa shape index (κ2) is 5.58. The summed E-state index contributed by atoms with van der Waals surface area (Å²) < 4.78 is 5.70. The van der Waals surface area contributed by atoms with E-state index in [9.17, 15) is 0 Å². The van der Waals surface area contributed by atoms with Gasteiger partial charge < -0.3 is 9.64 Å². The molecule has 100 valence electrons. The van der Waals surface area contributed by atoms with Crippen molar-refractivity contribution in [3.05, 3.63) is 23.3 Å². The molecular formula is C16H25NO. The van der Waals surface area contributed by atoms with Crippen molar-refractivity contribution in [3.63, 3.8) is 0 Å². The number of fused-ring (bicyclic) bond motifs is 1. The van der Waals surface area contributed by atoms with Crippen LogP contribution in [0.4, 0.5) is 0 Å². The number of nitrogens with zero attached hydrogens (tertiary/aromatic N) is 1. The van der Waals surface area contributed by atoms with E-state index in [0.717, 1.165) is 25.4 Å². The smallest absolute Gasteiger partial charge is 0.0823 e. The lowest BCUT2D eigenvalue weighted by atomic mass is 9.91. The minimum atomic E-state index is 0.419.